The molecule has 0 aromatic carbocycles. The fourth-order valence-corrected chi connectivity index (χ4v) is 3.36. The van der Waals surface area contributed by atoms with E-state index in [1.54, 1.807) is 6.20 Å². The first-order valence-electron chi connectivity index (χ1n) is 7.98. The second-order valence-corrected chi connectivity index (χ2v) is 5.99. The van der Waals surface area contributed by atoms with Gasteiger partial charge in [-0.05, 0) is 12.0 Å². The van der Waals surface area contributed by atoms with Gasteiger partial charge in [0.05, 0.1) is 17.3 Å². The van der Waals surface area contributed by atoms with Crippen LogP contribution in [0.25, 0.3) is 11.0 Å². The Balaban J connectivity index is 1.85. The number of H-pyrrole nitrogens is 1. The quantitative estimate of drug-likeness (QED) is 0.885. The molecule has 0 bridgehead atoms. The molecule has 6 nitrogen and oxygen atoms in total. The van der Waals surface area contributed by atoms with E-state index in [0.29, 0.717) is 17.9 Å². The number of pyridine rings is 1. The van der Waals surface area contributed by atoms with E-state index in [2.05, 4.69) is 39.2 Å². The van der Waals surface area contributed by atoms with Gasteiger partial charge in [0.15, 0.2) is 0 Å². The van der Waals surface area contributed by atoms with Crippen molar-refractivity contribution in [3.63, 3.8) is 0 Å². The minimum Gasteiger partial charge on any atom is -0.379 e. The lowest BCUT2D eigenvalue weighted by atomic mass is 10.00. The molecule has 2 N–H and O–H groups in total. The van der Waals surface area contributed by atoms with Crippen LogP contribution in [0.15, 0.2) is 18.5 Å². The Morgan fingerprint density at radius 3 is 3.04 bits per heavy atom. The number of likely N-dealkylation sites (tertiary alicyclic amines) is 1. The summed E-state index contributed by atoms with van der Waals surface area (Å²) in [6, 6.07) is 6.68. The highest BCUT2D eigenvalue weighted by molar-refractivity contribution is 5.92. The Kier molecular flexibility index (Phi) is 4.45. The van der Waals surface area contributed by atoms with Crippen LogP contribution in [-0.4, -0.2) is 40.5 Å². The summed E-state index contributed by atoms with van der Waals surface area (Å²) in [6.45, 7) is 4.90. The molecule has 0 saturated carbocycles. The largest absolute Gasteiger partial charge is 0.379 e. The second-order valence-electron chi connectivity index (χ2n) is 5.99. The number of aromatic amines is 1. The lowest BCUT2D eigenvalue weighted by Gasteiger charge is -2.21. The van der Waals surface area contributed by atoms with Gasteiger partial charge in [0.2, 0.25) is 0 Å². The lowest BCUT2D eigenvalue weighted by Crippen LogP contribution is -2.29. The van der Waals surface area contributed by atoms with Crippen molar-refractivity contribution < 1.29 is 0 Å². The molecule has 1 fully saturated rings. The average Bonchev–Trinajstić information content (AvgIpc) is 3.19. The van der Waals surface area contributed by atoms with Gasteiger partial charge < -0.3 is 10.3 Å². The molecule has 3 heterocycles. The highest BCUT2D eigenvalue weighted by atomic mass is 15.2. The molecule has 0 radical (unpaired) electrons. The molecule has 2 atom stereocenters. The molecule has 0 aliphatic carbocycles. The van der Waals surface area contributed by atoms with Gasteiger partial charge >= 0.3 is 0 Å². The minimum atomic E-state index is 0.284. The fourth-order valence-electron chi connectivity index (χ4n) is 3.36. The summed E-state index contributed by atoms with van der Waals surface area (Å²) in [6.07, 6.45) is 5.09. The average molecular weight is 308 g/mol. The van der Waals surface area contributed by atoms with Crippen molar-refractivity contribution in [3.05, 3.63) is 24.0 Å². The molecule has 3 rings (SSSR count). The van der Waals surface area contributed by atoms with Crippen LogP contribution in [-0.2, 0) is 0 Å². The molecule has 2 aromatic rings. The number of rotatable bonds is 5. The second kappa shape index (κ2) is 6.68. The van der Waals surface area contributed by atoms with Crippen molar-refractivity contribution in [2.75, 3.05) is 25.0 Å². The number of fused-ring (bicyclic) bond motifs is 1. The Morgan fingerprint density at radius 1 is 1.43 bits per heavy atom. The molecule has 1 aliphatic rings. The summed E-state index contributed by atoms with van der Waals surface area (Å²) in [7, 11) is 0. The predicted octanol–water partition coefficient (Wildman–Crippen LogP) is 2.47. The van der Waals surface area contributed by atoms with E-state index < -0.39 is 0 Å². The smallest absolute Gasteiger partial charge is 0.139 e. The third kappa shape index (κ3) is 2.99. The molecule has 0 unspecified atom stereocenters. The number of anilines is 1. The Bertz CT molecular complexity index is 765. The third-order valence-electron chi connectivity index (χ3n) is 4.62. The molecule has 0 spiro atoms. The predicted molar refractivity (Wildman–Crippen MR) is 88.7 cm³/mol. The molecule has 1 saturated heterocycles. The maximum absolute atomic E-state index is 9.39. The zero-order chi connectivity index (χ0) is 16.2. The van der Waals surface area contributed by atoms with Gasteiger partial charge in [0, 0.05) is 49.9 Å². The van der Waals surface area contributed by atoms with Gasteiger partial charge in [-0.1, -0.05) is 13.3 Å². The van der Waals surface area contributed by atoms with E-state index >= 15 is 0 Å². The zero-order valence-corrected chi connectivity index (χ0v) is 13.2. The van der Waals surface area contributed by atoms with E-state index in [4.69, 9.17) is 5.26 Å². The van der Waals surface area contributed by atoms with Crippen LogP contribution < -0.4 is 5.32 Å². The number of hydrogen-bond donors (Lipinski definition) is 2. The number of aromatic nitrogens is 2. The summed E-state index contributed by atoms with van der Waals surface area (Å²) < 4.78 is 0. The first-order valence-corrected chi connectivity index (χ1v) is 7.98. The normalized spacial score (nSPS) is 21.2. The number of nitrogens with zero attached hydrogens (tertiary/aromatic N) is 4. The van der Waals surface area contributed by atoms with E-state index in [0.717, 1.165) is 42.8 Å². The Labute approximate surface area is 135 Å². The fraction of sp³-hybridized carbons (Fsp3) is 0.471. The molecule has 1 aliphatic heterocycles. The number of nitriles is 2. The summed E-state index contributed by atoms with van der Waals surface area (Å²) in [5.41, 5.74) is 2.23. The summed E-state index contributed by atoms with van der Waals surface area (Å²) in [4.78, 5) is 9.70. The topological polar surface area (TPSA) is 91.5 Å². The summed E-state index contributed by atoms with van der Waals surface area (Å²) in [5.74, 6) is 0.516. The van der Waals surface area contributed by atoms with Crippen LogP contribution >= 0.6 is 0 Å². The van der Waals surface area contributed by atoms with E-state index in [9.17, 15) is 5.26 Å². The van der Waals surface area contributed by atoms with Crippen molar-refractivity contribution in [1.29, 1.82) is 10.5 Å². The van der Waals surface area contributed by atoms with Crippen LogP contribution in [0.4, 0.5) is 5.69 Å². The molecule has 6 heteroatoms. The van der Waals surface area contributed by atoms with Gasteiger partial charge in [0.1, 0.15) is 11.7 Å². The molecular weight excluding hydrogens is 288 g/mol. The number of hydrogen-bond acceptors (Lipinski definition) is 5. The molecular formula is C17H20N6. The Morgan fingerprint density at radius 2 is 2.30 bits per heavy atom. The maximum atomic E-state index is 9.39. The van der Waals surface area contributed by atoms with Gasteiger partial charge in [0.25, 0.3) is 0 Å². The van der Waals surface area contributed by atoms with Gasteiger partial charge in [-0.2, -0.15) is 10.5 Å². The van der Waals surface area contributed by atoms with Crippen molar-refractivity contribution in [3.8, 4) is 12.1 Å². The van der Waals surface area contributed by atoms with Crippen LogP contribution in [0.1, 0.15) is 25.3 Å². The number of nitrogens with one attached hydrogen (secondary N) is 2. The molecule has 0 amide bonds. The zero-order valence-electron chi connectivity index (χ0n) is 13.2. The molecule has 2 aromatic heterocycles. The van der Waals surface area contributed by atoms with E-state index in [-0.39, 0.29) is 6.04 Å². The molecule has 118 valence electrons. The standard InChI is InChI=1S/C17H20N6/c1-2-12-10-23(7-3-5-18)11-15(12)22-16-13(8-19)9-21-17-14(16)4-6-20-17/h4,6,9,12,15H,2-3,7,10-11H2,1H3,(H2,20,21,22)/t12-,15+/m0/s1. The maximum Gasteiger partial charge on any atom is 0.139 e. The summed E-state index contributed by atoms with van der Waals surface area (Å²) >= 11 is 0. The Hall–Kier alpha value is -2.57. The van der Waals surface area contributed by atoms with Gasteiger partial charge in [-0.15, -0.1) is 0 Å². The van der Waals surface area contributed by atoms with Crippen LogP contribution in [0, 0.1) is 28.6 Å². The highest BCUT2D eigenvalue weighted by Gasteiger charge is 2.32. The van der Waals surface area contributed by atoms with Crippen LogP contribution in [0.5, 0.6) is 0 Å². The molecule has 23 heavy (non-hydrogen) atoms. The lowest BCUT2D eigenvalue weighted by molar-refractivity contribution is 0.330. The monoisotopic (exact) mass is 308 g/mol. The van der Waals surface area contributed by atoms with E-state index in [1.165, 1.54) is 0 Å². The van der Waals surface area contributed by atoms with Crippen molar-refractivity contribution in [1.82, 2.24) is 14.9 Å². The van der Waals surface area contributed by atoms with Crippen LogP contribution in [0.3, 0.4) is 0 Å². The minimum absolute atomic E-state index is 0.284. The SMILES string of the molecule is CC[C@H]1CN(CCC#N)C[C@H]1Nc1c(C#N)cnc2[nH]ccc12. The van der Waals surface area contributed by atoms with E-state index in [1.807, 2.05) is 12.3 Å². The summed E-state index contributed by atoms with van der Waals surface area (Å²) in [5, 5.41) is 22.7. The van der Waals surface area contributed by atoms with Crippen molar-refractivity contribution >= 4 is 16.7 Å². The first-order chi connectivity index (χ1) is 11.3. The highest BCUT2D eigenvalue weighted by Crippen LogP contribution is 2.29. The first kappa shape index (κ1) is 15.3. The third-order valence-corrected chi connectivity index (χ3v) is 4.62. The van der Waals surface area contributed by atoms with Crippen molar-refractivity contribution in [2.45, 2.75) is 25.8 Å². The van der Waals surface area contributed by atoms with Gasteiger partial charge in [-0.25, -0.2) is 4.98 Å². The van der Waals surface area contributed by atoms with Gasteiger partial charge in [-0.3, -0.25) is 4.90 Å². The van der Waals surface area contributed by atoms with Crippen molar-refractivity contribution in [2.24, 2.45) is 5.92 Å². The van der Waals surface area contributed by atoms with Crippen LogP contribution in [0.2, 0.25) is 0 Å².